The van der Waals surface area contributed by atoms with E-state index in [0.29, 0.717) is 0 Å². The van der Waals surface area contributed by atoms with Crippen molar-refractivity contribution in [3.05, 3.63) is 12.2 Å². The molecule has 2 heteroatoms. The summed E-state index contributed by atoms with van der Waals surface area (Å²) >= 11 is 0. The summed E-state index contributed by atoms with van der Waals surface area (Å²) in [6, 6.07) is 0. The van der Waals surface area contributed by atoms with Crippen molar-refractivity contribution in [3.63, 3.8) is 0 Å². The minimum atomic E-state index is -0.234. The maximum atomic E-state index is 11.6. The van der Waals surface area contributed by atoms with Gasteiger partial charge < -0.3 is 4.74 Å². The molecule has 0 aliphatic heterocycles. The second-order valence-electron chi connectivity index (χ2n) is 4.54. The van der Waals surface area contributed by atoms with E-state index >= 15 is 0 Å². The smallest absolute Gasteiger partial charge is 0.184 e. The minimum Gasteiger partial charge on any atom is -0.373 e. The number of hydrogen-bond acceptors (Lipinski definition) is 2. The summed E-state index contributed by atoms with van der Waals surface area (Å²) in [5.74, 6) is 0.0981. The second kappa shape index (κ2) is 11.8. The average molecular weight is 240 g/mol. The lowest BCUT2D eigenvalue weighted by Crippen LogP contribution is -2.20. The third kappa shape index (κ3) is 9.11. The van der Waals surface area contributed by atoms with Gasteiger partial charge in [0, 0.05) is 7.11 Å². The van der Waals surface area contributed by atoms with Crippen LogP contribution in [-0.4, -0.2) is 19.0 Å². The van der Waals surface area contributed by atoms with E-state index < -0.39 is 0 Å². The van der Waals surface area contributed by atoms with Gasteiger partial charge in [0.15, 0.2) is 5.78 Å². The molecule has 2 nitrogen and oxygen atoms in total. The van der Waals surface area contributed by atoms with Crippen LogP contribution in [0.25, 0.3) is 0 Å². The molecule has 0 bridgehead atoms. The molecule has 0 N–H and O–H groups in total. The van der Waals surface area contributed by atoms with Gasteiger partial charge in [0.25, 0.3) is 0 Å². The van der Waals surface area contributed by atoms with Crippen LogP contribution in [0.3, 0.4) is 0 Å². The van der Waals surface area contributed by atoms with Gasteiger partial charge in [-0.3, -0.25) is 4.79 Å². The number of allylic oxidation sites excluding steroid dienone is 1. The van der Waals surface area contributed by atoms with Gasteiger partial charge in [-0.05, 0) is 19.4 Å². The van der Waals surface area contributed by atoms with Gasteiger partial charge in [0.05, 0.1) is 0 Å². The lowest BCUT2D eigenvalue weighted by molar-refractivity contribution is -0.124. The molecule has 0 aliphatic rings. The molecule has 0 spiro atoms. The Kier molecular flexibility index (Phi) is 11.4. The zero-order chi connectivity index (χ0) is 12.9. The first-order valence-corrected chi connectivity index (χ1v) is 6.95. The van der Waals surface area contributed by atoms with Crippen LogP contribution in [0.2, 0.25) is 0 Å². The summed E-state index contributed by atoms with van der Waals surface area (Å²) in [5.41, 5.74) is 0. The van der Waals surface area contributed by atoms with Crippen LogP contribution in [0.1, 0.15) is 65.2 Å². The Labute approximate surface area is 106 Å². The first kappa shape index (κ1) is 16.4. The van der Waals surface area contributed by atoms with Crippen molar-refractivity contribution in [1.82, 2.24) is 0 Å². The number of carbonyl (C=O) groups is 1. The first-order valence-electron chi connectivity index (χ1n) is 6.95. The summed E-state index contributed by atoms with van der Waals surface area (Å²) in [7, 11) is 1.62. The monoisotopic (exact) mass is 240 g/mol. The Hall–Kier alpha value is -0.630. The second-order valence-corrected chi connectivity index (χ2v) is 4.54. The van der Waals surface area contributed by atoms with Crippen molar-refractivity contribution in [3.8, 4) is 0 Å². The fourth-order valence-corrected chi connectivity index (χ4v) is 1.93. The standard InChI is InChI=1S/C15H28O2/c1-4-6-7-8-9-10-11-13-15(17-3)14(16)12-5-2/h5,12,15H,4,6-11,13H2,1-3H3. The maximum Gasteiger partial charge on any atom is 0.184 e. The van der Waals surface area contributed by atoms with E-state index in [2.05, 4.69) is 6.92 Å². The average Bonchev–Trinajstić information content (AvgIpc) is 2.33. The molecular formula is C15H28O2. The molecule has 17 heavy (non-hydrogen) atoms. The van der Waals surface area contributed by atoms with Crippen molar-refractivity contribution in [2.24, 2.45) is 0 Å². The summed E-state index contributed by atoms with van der Waals surface area (Å²) in [5, 5.41) is 0. The van der Waals surface area contributed by atoms with E-state index in [4.69, 9.17) is 4.74 Å². The molecule has 0 aromatic rings. The Bertz CT molecular complexity index is 209. The van der Waals surface area contributed by atoms with Gasteiger partial charge >= 0.3 is 0 Å². The molecule has 0 saturated heterocycles. The number of ketones is 1. The van der Waals surface area contributed by atoms with E-state index in [1.165, 1.54) is 38.5 Å². The zero-order valence-electron chi connectivity index (χ0n) is 11.7. The topological polar surface area (TPSA) is 26.3 Å². The van der Waals surface area contributed by atoms with Gasteiger partial charge in [-0.25, -0.2) is 0 Å². The lowest BCUT2D eigenvalue weighted by Gasteiger charge is -2.11. The quantitative estimate of drug-likeness (QED) is 0.398. The molecule has 0 rings (SSSR count). The molecule has 0 aromatic heterocycles. The molecule has 0 aliphatic carbocycles. The first-order chi connectivity index (χ1) is 8.26. The Balaban J connectivity index is 3.53. The van der Waals surface area contributed by atoms with E-state index in [9.17, 15) is 4.79 Å². The van der Waals surface area contributed by atoms with E-state index in [1.807, 2.05) is 6.92 Å². The summed E-state index contributed by atoms with van der Waals surface area (Å²) < 4.78 is 5.21. The van der Waals surface area contributed by atoms with Crippen molar-refractivity contribution >= 4 is 5.78 Å². The van der Waals surface area contributed by atoms with Crippen LogP contribution < -0.4 is 0 Å². The van der Waals surface area contributed by atoms with Gasteiger partial charge in [-0.15, -0.1) is 0 Å². The van der Waals surface area contributed by atoms with Crippen molar-refractivity contribution in [1.29, 1.82) is 0 Å². The molecule has 0 aromatic carbocycles. The fraction of sp³-hybridized carbons (Fsp3) is 0.800. The van der Waals surface area contributed by atoms with Gasteiger partial charge in [-0.2, -0.15) is 0 Å². The Morgan fingerprint density at radius 1 is 1.12 bits per heavy atom. The highest BCUT2D eigenvalue weighted by molar-refractivity contribution is 5.93. The number of methoxy groups -OCH3 is 1. The number of unbranched alkanes of at least 4 members (excludes halogenated alkanes) is 6. The third-order valence-electron chi connectivity index (χ3n) is 3.00. The van der Waals surface area contributed by atoms with Gasteiger partial charge in [0.1, 0.15) is 6.10 Å². The van der Waals surface area contributed by atoms with E-state index in [0.717, 1.165) is 12.8 Å². The van der Waals surface area contributed by atoms with Crippen molar-refractivity contribution in [2.45, 2.75) is 71.3 Å². The van der Waals surface area contributed by atoms with Crippen LogP contribution in [0.4, 0.5) is 0 Å². The Morgan fingerprint density at radius 2 is 1.71 bits per heavy atom. The van der Waals surface area contributed by atoms with Gasteiger partial charge in [0.2, 0.25) is 0 Å². The van der Waals surface area contributed by atoms with Crippen LogP contribution >= 0.6 is 0 Å². The normalized spacial score (nSPS) is 13.1. The minimum absolute atomic E-state index is 0.0981. The number of ether oxygens (including phenoxy) is 1. The highest BCUT2D eigenvalue weighted by atomic mass is 16.5. The molecule has 1 unspecified atom stereocenters. The van der Waals surface area contributed by atoms with Crippen LogP contribution in [0.15, 0.2) is 12.2 Å². The van der Waals surface area contributed by atoms with Gasteiger partial charge in [-0.1, -0.05) is 57.9 Å². The molecule has 0 amide bonds. The van der Waals surface area contributed by atoms with Crippen LogP contribution in [0, 0.1) is 0 Å². The van der Waals surface area contributed by atoms with Crippen molar-refractivity contribution < 1.29 is 9.53 Å². The number of carbonyl (C=O) groups excluding carboxylic acids is 1. The predicted octanol–water partition coefficient (Wildman–Crippen LogP) is 4.29. The molecule has 1 atom stereocenters. The molecule has 0 radical (unpaired) electrons. The maximum absolute atomic E-state index is 11.6. The summed E-state index contributed by atoms with van der Waals surface area (Å²) in [4.78, 5) is 11.6. The van der Waals surface area contributed by atoms with E-state index in [-0.39, 0.29) is 11.9 Å². The fourth-order valence-electron chi connectivity index (χ4n) is 1.93. The predicted molar refractivity (Wildman–Crippen MR) is 73.2 cm³/mol. The molecule has 0 saturated carbocycles. The number of hydrogen-bond donors (Lipinski definition) is 0. The lowest BCUT2D eigenvalue weighted by atomic mass is 10.0. The largest absolute Gasteiger partial charge is 0.373 e. The van der Waals surface area contributed by atoms with Crippen LogP contribution in [0.5, 0.6) is 0 Å². The SMILES string of the molecule is CC=CC(=O)C(CCCCCCCCC)OC. The number of rotatable bonds is 11. The van der Waals surface area contributed by atoms with Crippen LogP contribution in [-0.2, 0) is 9.53 Å². The molecule has 100 valence electrons. The molecule has 0 fully saturated rings. The summed E-state index contributed by atoms with van der Waals surface area (Å²) in [6.07, 6.45) is 12.9. The summed E-state index contributed by atoms with van der Waals surface area (Å²) in [6.45, 7) is 4.09. The highest BCUT2D eigenvalue weighted by Gasteiger charge is 2.13. The third-order valence-corrected chi connectivity index (χ3v) is 3.00. The highest BCUT2D eigenvalue weighted by Crippen LogP contribution is 2.11. The Morgan fingerprint density at radius 3 is 2.24 bits per heavy atom. The molecular weight excluding hydrogens is 212 g/mol. The zero-order valence-corrected chi connectivity index (χ0v) is 11.7. The van der Waals surface area contributed by atoms with Crippen molar-refractivity contribution in [2.75, 3.05) is 7.11 Å². The van der Waals surface area contributed by atoms with E-state index in [1.54, 1.807) is 19.3 Å². The molecule has 0 heterocycles.